The summed E-state index contributed by atoms with van der Waals surface area (Å²) in [4.78, 5) is 0. The predicted molar refractivity (Wildman–Crippen MR) is 196 cm³/mol. The Kier molecular flexibility index (Phi) is 19.2. The minimum atomic E-state index is 0. The monoisotopic (exact) mass is 766 g/mol. The molecule has 0 heterocycles. The Labute approximate surface area is 280 Å². The van der Waals surface area contributed by atoms with Gasteiger partial charge in [0.1, 0.15) is 0 Å². The van der Waals surface area contributed by atoms with Crippen LogP contribution in [0.4, 0.5) is 0 Å². The van der Waals surface area contributed by atoms with Gasteiger partial charge in [0, 0.05) is 25.8 Å². The van der Waals surface area contributed by atoms with Crippen LogP contribution in [0.15, 0.2) is 97.6 Å². The molecule has 0 bridgehead atoms. The van der Waals surface area contributed by atoms with Crippen LogP contribution in [-0.4, -0.2) is 24.6 Å². The average Bonchev–Trinajstić information content (AvgIpc) is 3.53. The first-order valence-corrected chi connectivity index (χ1v) is 19.0. The van der Waals surface area contributed by atoms with Crippen LogP contribution in [0.3, 0.4) is 0 Å². The third kappa shape index (κ3) is 14.1. The van der Waals surface area contributed by atoms with Crippen molar-refractivity contribution >= 4 is 48.0 Å². The molecule has 4 rings (SSSR count). The molecule has 0 saturated carbocycles. The maximum atomic E-state index is 3.46. The Hall–Kier alpha value is -1.13. The van der Waals surface area contributed by atoms with E-state index in [4.69, 9.17) is 0 Å². The number of allylic oxidation sites excluding steroid dienone is 3. The van der Waals surface area contributed by atoms with Gasteiger partial charge in [0.05, 0.1) is 0 Å². The SMILES string of the molecule is C=CC=CC.CC(C)CP(CC(C)C)c1cc2ccccc2[cH-]1.CC(C)CP(CC(C)C)c1cc2ccccc2[cH-]1.[Hf]. The molecule has 0 radical (unpaired) electrons. The first kappa shape index (κ1) is 38.9. The molecular formula is C39H56HfP2-2. The van der Waals surface area contributed by atoms with Gasteiger partial charge in [0.25, 0.3) is 0 Å². The maximum Gasteiger partial charge on any atom is 0 e. The van der Waals surface area contributed by atoms with E-state index in [-0.39, 0.29) is 41.7 Å². The van der Waals surface area contributed by atoms with Gasteiger partial charge in [0.2, 0.25) is 0 Å². The topological polar surface area (TPSA) is 0 Å². The number of fused-ring (bicyclic) bond motifs is 2. The van der Waals surface area contributed by atoms with Gasteiger partial charge in [-0.2, -0.15) is 12.1 Å². The van der Waals surface area contributed by atoms with Gasteiger partial charge in [-0.05, 0) is 55.2 Å². The zero-order valence-corrected chi connectivity index (χ0v) is 33.3. The molecule has 42 heavy (non-hydrogen) atoms. The normalized spacial score (nSPS) is 11.5. The molecule has 0 amide bonds. The molecule has 0 nitrogen and oxygen atoms in total. The van der Waals surface area contributed by atoms with Crippen molar-refractivity contribution < 1.29 is 25.8 Å². The number of hydrogen-bond acceptors (Lipinski definition) is 0. The Balaban J connectivity index is 0.000000355. The summed E-state index contributed by atoms with van der Waals surface area (Å²) in [5.41, 5.74) is 0. The Morgan fingerprint density at radius 3 is 1.19 bits per heavy atom. The Morgan fingerprint density at radius 2 is 0.952 bits per heavy atom. The van der Waals surface area contributed by atoms with Crippen molar-refractivity contribution in [3.63, 3.8) is 0 Å². The molecule has 0 fully saturated rings. The van der Waals surface area contributed by atoms with E-state index in [1.165, 1.54) is 46.2 Å². The summed E-state index contributed by atoms with van der Waals surface area (Å²) < 4.78 is 0. The van der Waals surface area contributed by atoms with Crippen molar-refractivity contribution in [1.29, 1.82) is 0 Å². The fourth-order valence-corrected chi connectivity index (χ4v) is 11.1. The average molecular weight is 765 g/mol. The van der Waals surface area contributed by atoms with E-state index in [0.29, 0.717) is 0 Å². The molecular weight excluding hydrogens is 709 g/mol. The van der Waals surface area contributed by atoms with E-state index >= 15 is 0 Å². The van der Waals surface area contributed by atoms with Gasteiger partial charge in [-0.1, -0.05) is 108 Å². The first-order valence-electron chi connectivity index (χ1n) is 15.6. The van der Waals surface area contributed by atoms with Crippen molar-refractivity contribution in [2.45, 2.75) is 62.3 Å². The van der Waals surface area contributed by atoms with Crippen LogP contribution in [0.25, 0.3) is 21.5 Å². The quantitative estimate of drug-likeness (QED) is 0.0617. The van der Waals surface area contributed by atoms with Crippen LogP contribution in [-0.2, 0) is 25.8 Å². The summed E-state index contributed by atoms with van der Waals surface area (Å²) in [6, 6.07) is 27.2. The predicted octanol–water partition coefficient (Wildman–Crippen LogP) is 11.7. The van der Waals surface area contributed by atoms with E-state index in [0.717, 1.165) is 23.7 Å². The van der Waals surface area contributed by atoms with Crippen LogP contribution in [0, 0.1) is 23.7 Å². The molecule has 0 unspecified atom stereocenters. The summed E-state index contributed by atoms with van der Waals surface area (Å²) in [6.07, 6.45) is 11.0. The standard InChI is InChI=1S/2C17H24P.C5H8.Hf/c2*1-13(2)11-18(12-14(3)4)17-9-15-7-5-6-8-16(15)10-17;1-3-5-4-2;/h2*5-10,13-14H,11-12H2,1-4H3;3-5H,1H2,2H3;/q2*-1;;. The number of benzene rings is 2. The fraction of sp³-hybridized carbons (Fsp3) is 0.436. The molecule has 0 aliphatic rings. The Morgan fingerprint density at radius 1 is 0.619 bits per heavy atom. The summed E-state index contributed by atoms with van der Waals surface area (Å²) in [7, 11) is 0.0370. The van der Waals surface area contributed by atoms with E-state index in [1.54, 1.807) is 16.7 Å². The third-order valence-electron chi connectivity index (χ3n) is 6.61. The molecule has 0 saturated heterocycles. The van der Waals surface area contributed by atoms with E-state index < -0.39 is 0 Å². The zero-order valence-electron chi connectivity index (χ0n) is 27.9. The molecule has 0 N–H and O–H groups in total. The smallest absolute Gasteiger partial charge is 0 e. The van der Waals surface area contributed by atoms with Crippen LogP contribution < -0.4 is 10.6 Å². The summed E-state index contributed by atoms with van der Waals surface area (Å²) in [6.45, 7) is 24.2. The van der Waals surface area contributed by atoms with Crippen molar-refractivity contribution in [2.75, 3.05) is 24.6 Å². The molecule has 4 aromatic rings. The summed E-state index contributed by atoms with van der Waals surface area (Å²) in [5.74, 6) is 3.20. The van der Waals surface area contributed by atoms with Crippen molar-refractivity contribution in [3.05, 3.63) is 97.6 Å². The largest absolute Gasteiger partial charge is 0.161 e. The van der Waals surface area contributed by atoms with Gasteiger partial charge in [-0.15, -0.1) is 80.7 Å². The second kappa shape index (κ2) is 20.8. The van der Waals surface area contributed by atoms with E-state index in [2.05, 4.69) is 135 Å². The van der Waals surface area contributed by atoms with Gasteiger partial charge >= 0.3 is 0 Å². The number of rotatable bonds is 11. The third-order valence-corrected chi connectivity index (χ3v) is 13.3. The van der Waals surface area contributed by atoms with E-state index in [1.807, 2.05) is 19.1 Å². The molecule has 228 valence electrons. The molecule has 0 aliphatic carbocycles. The first-order chi connectivity index (χ1) is 19.5. The molecule has 0 aliphatic heterocycles. The zero-order chi connectivity index (χ0) is 30.4. The van der Waals surface area contributed by atoms with E-state index in [9.17, 15) is 0 Å². The van der Waals surface area contributed by atoms with Gasteiger partial charge in [0.15, 0.2) is 0 Å². The van der Waals surface area contributed by atoms with Crippen LogP contribution in [0.1, 0.15) is 62.3 Å². The summed E-state index contributed by atoms with van der Waals surface area (Å²) in [5, 5.41) is 8.85. The minimum Gasteiger partial charge on any atom is -0.161 e. The van der Waals surface area contributed by atoms with Gasteiger partial charge in [-0.3, -0.25) is 0 Å². The molecule has 0 aromatic heterocycles. The van der Waals surface area contributed by atoms with Crippen LogP contribution in [0.2, 0.25) is 0 Å². The number of hydrogen-bond donors (Lipinski definition) is 0. The van der Waals surface area contributed by atoms with Crippen molar-refractivity contribution in [2.24, 2.45) is 23.7 Å². The van der Waals surface area contributed by atoms with Crippen LogP contribution in [0.5, 0.6) is 0 Å². The van der Waals surface area contributed by atoms with Crippen molar-refractivity contribution in [3.8, 4) is 0 Å². The minimum absolute atomic E-state index is 0. The van der Waals surface area contributed by atoms with Crippen LogP contribution >= 0.6 is 15.8 Å². The molecule has 4 aromatic carbocycles. The molecule has 0 atom stereocenters. The summed E-state index contributed by atoms with van der Waals surface area (Å²) >= 11 is 0. The van der Waals surface area contributed by atoms with Gasteiger partial charge in [-0.25, -0.2) is 0 Å². The van der Waals surface area contributed by atoms with Crippen molar-refractivity contribution in [1.82, 2.24) is 0 Å². The second-order valence-corrected chi connectivity index (χ2v) is 17.5. The molecule has 0 spiro atoms. The van der Waals surface area contributed by atoms with Gasteiger partial charge < -0.3 is 0 Å². The second-order valence-electron chi connectivity index (χ2n) is 12.8. The fourth-order valence-electron chi connectivity index (χ4n) is 5.10. The maximum absolute atomic E-state index is 3.46. The Bertz CT molecular complexity index is 1120. The molecule has 3 heteroatoms.